The predicted molar refractivity (Wildman–Crippen MR) is 146 cm³/mol. The smallest absolute Gasteiger partial charge is 0.373 e. The number of benzene rings is 2. The van der Waals surface area contributed by atoms with Crippen molar-refractivity contribution in [3.05, 3.63) is 68.8 Å². The molecule has 0 aliphatic carbocycles. The highest BCUT2D eigenvalue weighted by Gasteiger charge is 2.38. The van der Waals surface area contributed by atoms with Crippen LogP contribution in [0.3, 0.4) is 0 Å². The van der Waals surface area contributed by atoms with E-state index in [1.54, 1.807) is 6.07 Å². The molecular formula is C31H42O6. The number of carbonyl (C=O) groups excluding carboxylic acids is 2. The Balaban J connectivity index is 3.09. The van der Waals surface area contributed by atoms with Crippen LogP contribution in [0.4, 0.5) is 0 Å². The third-order valence-corrected chi connectivity index (χ3v) is 6.49. The Morgan fingerprint density at radius 3 is 1.51 bits per heavy atom. The van der Waals surface area contributed by atoms with E-state index < -0.39 is 28.6 Å². The van der Waals surface area contributed by atoms with Gasteiger partial charge in [-0.25, -0.2) is 9.59 Å². The van der Waals surface area contributed by atoms with E-state index in [-0.39, 0.29) is 27.5 Å². The minimum Gasteiger partial charge on any atom is -0.478 e. The Kier molecular flexibility index (Phi) is 7.94. The van der Waals surface area contributed by atoms with Gasteiger partial charge >= 0.3 is 11.9 Å². The first-order valence-electron chi connectivity index (χ1n) is 12.5. The molecule has 2 aromatic carbocycles. The Hall–Kier alpha value is -2.99. The predicted octanol–water partition coefficient (Wildman–Crippen LogP) is 7.44. The standard InChI is InChI=1S/C31H42O6/c1-28(2,3)20-14-13-17(15-21(20)29(4,5)6)25(32)18-16-19(26(33)34)23(30(7,8)9)24(31(10,11)12)22(18)27(35)37-36/h13-16,36H,1-12H3,(H,33,34). The van der Waals surface area contributed by atoms with E-state index in [1.165, 1.54) is 6.07 Å². The van der Waals surface area contributed by atoms with Crippen LogP contribution in [-0.2, 0) is 26.5 Å². The first kappa shape index (κ1) is 30.2. The second-order valence-corrected chi connectivity index (χ2v) is 13.9. The molecule has 2 N–H and O–H groups in total. The lowest BCUT2D eigenvalue weighted by Gasteiger charge is -2.34. The Morgan fingerprint density at radius 1 is 0.649 bits per heavy atom. The van der Waals surface area contributed by atoms with Gasteiger partial charge in [-0.15, -0.1) is 0 Å². The van der Waals surface area contributed by atoms with E-state index in [1.807, 2.05) is 53.7 Å². The summed E-state index contributed by atoms with van der Waals surface area (Å²) in [6.45, 7) is 23.6. The quantitative estimate of drug-likeness (QED) is 0.252. The first-order chi connectivity index (χ1) is 16.5. The molecule has 0 aliphatic heterocycles. The van der Waals surface area contributed by atoms with E-state index in [9.17, 15) is 24.7 Å². The van der Waals surface area contributed by atoms with Gasteiger partial charge in [0, 0.05) is 11.1 Å². The van der Waals surface area contributed by atoms with Gasteiger partial charge in [0.1, 0.15) is 0 Å². The summed E-state index contributed by atoms with van der Waals surface area (Å²) in [4.78, 5) is 43.7. The molecule has 0 unspecified atom stereocenters. The summed E-state index contributed by atoms with van der Waals surface area (Å²) in [5, 5.41) is 19.6. The van der Waals surface area contributed by atoms with Crippen molar-refractivity contribution in [3.8, 4) is 0 Å². The lowest BCUT2D eigenvalue weighted by Crippen LogP contribution is -2.31. The summed E-state index contributed by atoms with van der Waals surface area (Å²) < 4.78 is 0. The summed E-state index contributed by atoms with van der Waals surface area (Å²) in [6, 6.07) is 6.71. The molecule has 0 aliphatic rings. The molecule has 37 heavy (non-hydrogen) atoms. The molecule has 6 heteroatoms. The Bertz CT molecular complexity index is 1240. The molecule has 0 saturated carbocycles. The minimum atomic E-state index is -1.20. The second kappa shape index (κ2) is 9.71. The van der Waals surface area contributed by atoms with Crippen molar-refractivity contribution in [1.82, 2.24) is 0 Å². The molecule has 2 rings (SSSR count). The molecule has 0 heterocycles. The highest BCUT2D eigenvalue weighted by atomic mass is 17.1. The largest absolute Gasteiger partial charge is 0.478 e. The van der Waals surface area contributed by atoms with Gasteiger partial charge in [-0.3, -0.25) is 9.68 Å². The highest BCUT2D eigenvalue weighted by molar-refractivity contribution is 6.16. The number of hydrogen-bond acceptors (Lipinski definition) is 5. The van der Waals surface area contributed by atoms with Crippen molar-refractivity contribution < 1.29 is 29.6 Å². The highest BCUT2D eigenvalue weighted by Crippen LogP contribution is 2.42. The van der Waals surface area contributed by atoms with E-state index in [4.69, 9.17) is 0 Å². The van der Waals surface area contributed by atoms with Crippen molar-refractivity contribution in [2.45, 2.75) is 105 Å². The first-order valence-corrected chi connectivity index (χ1v) is 12.5. The molecule has 0 saturated heterocycles. The van der Waals surface area contributed by atoms with Gasteiger partial charge in [0.05, 0.1) is 11.1 Å². The maximum Gasteiger partial charge on any atom is 0.373 e. The summed E-state index contributed by atoms with van der Waals surface area (Å²) in [5.74, 6) is -2.82. The number of carbonyl (C=O) groups is 3. The third-order valence-electron chi connectivity index (χ3n) is 6.49. The molecule has 0 bridgehead atoms. The zero-order chi connectivity index (χ0) is 28.9. The normalized spacial score (nSPS) is 12.9. The van der Waals surface area contributed by atoms with Crippen LogP contribution < -0.4 is 0 Å². The molecule has 0 spiro atoms. The van der Waals surface area contributed by atoms with Gasteiger partial charge in [-0.2, -0.15) is 5.26 Å². The summed E-state index contributed by atoms with van der Waals surface area (Å²) in [6.07, 6.45) is 0. The number of ketones is 1. The molecule has 2 aromatic rings. The van der Waals surface area contributed by atoms with Crippen LogP contribution in [0.15, 0.2) is 24.3 Å². The summed E-state index contributed by atoms with van der Waals surface area (Å²) in [7, 11) is 0. The van der Waals surface area contributed by atoms with E-state index in [2.05, 4.69) is 46.4 Å². The third kappa shape index (κ3) is 6.12. The zero-order valence-corrected chi connectivity index (χ0v) is 24.3. The average molecular weight is 511 g/mol. The van der Waals surface area contributed by atoms with Crippen LogP contribution in [0.5, 0.6) is 0 Å². The summed E-state index contributed by atoms with van der Waals surface area (Å²) >= 11 is 0. The molecule has 6 nitrogen and oxygen atoms in total. The van der Waals surface area contributed by atoms with Crippen LogP contribution in [0, 0.1) is 0 Å². The fourth-order valence-corrected chi connectivity index (χ4v) is 4.93. The fraction of sp³-hybridized carbons (Fsp3) is 0.516. The molecule has 202 valence electrons. The maximum atomic E-state index is 14.1. The maximum absolute atomic E-state index is 14.1. The van der Waals surface area contributed by atoms with Gasteiger partial charge in [0.25, 0.3) is 0 Å². The van der Waals surface area contributed by atoms with Crippen LogP contribution in [-0.4, -0.2) is 28.1 Å². The van der Waals surface area contributed by atoms with Crippen LogP contribution in [0.1, 0.15) is 142 Å². The van der Waals surface area contributed by atoms with Crippen molar-refractivity contribution in [2.75, 3.05) is 0 Å². The molecule has 0 amide bonds. The SMILES string of the molecule is CC(C)(C)c1ccc(C(=O)c2cc(C(=O)O)c(C(C)(C)C)c(C(C)(C)C)c2C(=O)OO)cc1C(C)(C)C. The topological polar surface area (TPSA) is 101 Å². The van der Waals surface area contributed by atoms with E-state index >= 15 is 0 Å². The minimum absolute atomic E-state index is 0.0578. The number of carboxylic acids is 1. The summed E-state index contributed by atoms with van der Waals surface area (Å²) in [5.41, 5.74) is 1.02. The zero-order valence-electron chi connectivity index (χ0n) is 24.3. The number of hydrogen-bond donors (Lipinski definition) is 2. The van der Waals surface area contributed by atoms with Crippen LogP contribution in [0.2, 0.25) is 0 Å². The number of rotatable bonds is 4. The molecule has 0 aromatic heterocycles. The Labute approximate surface area is 221 Å². The monoisotopic (exact) mass is 510 g/mol. The van der Waals surface area contributed by atoms with Crippen molar-refractivity contribution >= 4 is 17.7 Å². The van der Waals surface area contributed by atoms with Gasteiger partial charge in [-0.05, 0) is 56.0 Å². The lowest BCUT2D eigenvalue weighted by molar-refractivity contribution is -0.183. The van der Waals surface area contributed by atoms with Gasteiger partial charge < -0.3 is 5.11 Å². The molecule has 0 fully saturated rings. The molecule has 0 atom stereocenters. The van der Waals surface area contributed by atoms with Crippen molar-refractivity contribution in [3.63, 3.8) is 0 Å². The van der Waals surface area contributed by atoms with Gasteiger partial charge in [-0.1, -0.05) is 95.2 Å². The van der Waals surface area contributed by atoms with E-state index in [0.29, 0.717) is 16.7 Å². The second-order valence-electron chi connectivity index (χ2n) is 13.9. The Morgan fingerprint density at radius 2 is 1.14 bits per heavy atom. The fourth-order valence-electron chi connectivity index (χ4n) is 4.93. The van der Waals surface area contributed by atoms with Crippen molar-refractivity contribution in [1.29, 1.82) is 0 Å². The average Bonchev–Trinajstić information content (AvgIpc) is 2.73. The lowest BCUT2D eigenvalue weighted by atomic mass is 9.69. The van der Waals surface area contributed by atoms with Crippen LogP contribution in [0.25, 0.3) is 0 Å². The molecular weight excluding hydrogens is 468 g/mol. The van der Waals surface area contributed by atoms with Crippen LogP contribution >= 0.6 is 0 Å². The van der Waals surface area contributed by atoms with E-state index in [0.717, 1.165) is 11.1 Å². The number of carboxylic acid groups (broad SMARTS) is 1. The van der Waals surface area contributed by atoms with Gasteiger partial charge in [0.15, 0.2) is 5.78 Å². The van der Waals surface area contributed by atoms with Crippen molar-refractivity contribution in [2.24, 2.45) is 0 Å². The van der Waals surface area contributed by atoms with Gasteiger partial charge in [0.2, 0.25) is 0 Å². The number of aromatic carboxylic acids is 1. The molecule has 0 radical (unpaired) electrons.